The SMILES string of the molecule is COc1cc(C(=O)O[C@@H](C(=O)N(C)C)c2ccccc2)cc(Cl)c1OC(C)C. The highest BCUT2D eigenvalue weighted by molar-refractivity contribution is 6.32. The highest BCUT2D eigenvalue weighted by Crippen LogP contribution is 2.37. The van der Waals surface area contributed by atoms with Crippen LogP contribution in [0.4, 0.5) is 0 Å². The molecule has 0 bridgehead atoms. The molecule has 1 atom stereocenters. The number of carbonyl (C=O) groups excluding carboxylic acids is 2. The first-order valence-electron chi connectivity index (χ1n) is 8.75. The van der Waals surface area contributed by atoms with Crippen LogP contribution in [0.15, 0.2) is 42.5 Å². The Morgan fingerprint density at radius 2 is 1.71 bits per heavy atom. The van der Waals surface area contributed by atoms with E-state index in [0.29, 0.717) is 17.1 Å². The van der Waals surface area contributed by atoms with E-state index in [1.807, 2.05) is 19.9 Å². The van der Waals surface area contributed by atoms with Crippen molar-refractivity contribution in [2.24, 2.45) is 0 Å². The fourth-order valence-electron chi connectivity index (χ4n) is 2.49. The number of rotatable bonds is 7. The molecule has 0 radical (unpaired) electrons. The molecule has 0 saturated carbocycles. The highest BCUT2D eigenvalue weighted by atomic mass is 35.5. The lowest BCUT2D eigenvalue weighted by Gasteiger charge is -2.22. The maximum atomic E-state index is 12.8. The van der Waals surface area contributed by atoms with Crippen LogP contribution in [0.3, 0.4) is 0 Å². The molecule has 0 aliphatic rings. The largest absolute Gasteiger partial charge is 0.493 e. The fourth-order valence-corrected chi connectivity index (χ4v) is 2.74. The van der Waals surface area contributed by atoms with E-state index in [0.717, 1.165) is 0 Å². The summed E-state index contributed by atoms with van der Waals surface area (Å²) in [6, 6.07) is 11.7. The number of esters is 1. The lowest BCUT2D eigenvalue weighted by molar-refractivity contribution is -0.138. The zero-order chi connectivity index (χ0) is 20.8. The van der Waals surface area contributed by atoms with E-state index < -0.39 is 12.1 Å². The molecule has 0 heterocycles. The Morgan fingerprint density at radius 3 is 2.25 bits per heavy atom. The number of benzene rings is 2. The summed E-state index contributed by atoms with van der Waals surface area (Å²) >= 11 is 6.28. The van der Waals surface area contributed by atoms with Gasteiger partial charge in [0.05, 0.1) is 23.8 Å². The minimum Gasteiger partial charge on any atom is -0.493 e. The van der Waals surface area contributed by atoms with Gasteiger partial charge < -0.3 is 19.1 Å². The third-order valence-electron chi connectivity index (χ3n) is 3.81. The van der Waals surface area contributed by atoms with Crippen LogP contribution in [0.1, 0.15) is 35.9 Å². The van der Waals surface area contributed by atoms with Gasteiger partial charge in [0, 0.05) is 19.7 Å². The number of likely N-dealkylation sites (N-methyl/N-ethyl adjacent to an activating group) is 1. The van der Waals surface area contributed by atoms with Gasteiger partial charge in [0.25, 0.3) is 5.91 Å². The molecule has 1 amide bonds. The van der Waals surface area contributed by atoms with Gasteiger partial charge in [-0.15, -0.1) is 0 Å². The zero-order valence-corrected chi connectivity index (χ0v) is 17.3. The number of halogens is 1. The quantitative estimate of drug-likeness (QED) is 0.648. The van der Waals surface area contributed by atoms with Gasteiger partial charge in [-0.25, -0.2) is 4.79 Å². The molecule has 2 rings (SSSR count). The molecule has 7 heteroatoms. The van der Waals surface area contributed by atoms with Crippen molar-refractivity contribution in [3.63, 3.8) is 0 Å². The summed E-state index contributed by atoms with van der Waals surface area (Å²) in [5.74, 6) is -0.388. The molecule has 0 saturated heterocycles. The lowest BCUT2D eigenvalue weighted by atomic mass is 10.1. The number of hydrogen-bond acceptors (Lipinski definition) is 5. The molecule has 150 valence electrons. The molecule has 0 N–H and O–H groups in total. The maximum Gasteiger partial charge on any atom is 0.339 e. The monoisotopic (exact) mass is 405 g/mol. The summed E-state index contributed by atoms with van der Waals surface area (Å²) < 4.78 is 16.5. The van der Waals surface area contributed by atoms with Crippen molar-refractivity contribution in [2.75, 3.05) is 21.2 Å². The predicted octanol–water partition coefficient (Wildman–Crippen LogP) is 4.12. The van der Waals surface area contributed by atoms with Gasteiger partial charge in [0.2, 0.25) is 6.10 Å². The Hall–Kier alpha value is -2.73. The van der Waals surface area contributed by atoms with Crippen LogP contribution < -0.4 is 9.47 Å². The van der Waals surface area contributed by atoms with Crippen molar-refractivity contribution in [3.8, 4) is 11.5 Å². The van der Waals surface area contributed by atoms with Gasteiger partial charge in [-0.1, -0.05) is 41.9 Å². The van der Waals surface area contributed by atoms with E-state index >= 15 is 0 Å². The zero-order valence-electron chi connectivity index (χ0n) is 16.6. The van der Waals surface area contributed by atoms with Gasteiger partial charge in [-0.2, -0.15) is 0 Å². The first-order valence-corrected chi connectivity index (χ1v) is 9.13. The van der Waals surface area contributed by atoms with E-state index in [4.69, 9.17) is 25.8 Å². The van der Waals surface area contributed by atoms with Crippen molar-refractivity contribution < 1.29 is 23.8 Å². The van der Waals surface area contributed by atoms with Crippen LogP contribution in [0.5, 0.6) is 11.5 Å². The Labute approximate surface area is 169 Å². The van der Waals surface area contributed by atoms with Crippen molar-refractivity contribution >= 4 is 23.5 Å². The summed E-state index contributed by atoms with van der Waals surface area (Å²) in [5.41, 5.74) is 0.734. The third kappa shape index (κ3) is 5.16. The second kappa shape index (κ2) is 9.46. The fraction of sp³-hybridized carbons (Fsp3) is 0.333. The van der Waals surface area contributed by atoms with Crippen molar-refractivity contribution in [1.29, 1.82) is 0 Å². The predicted molar refractivity (Wildman–Crippen MR) is 107 cm³/mol. The molecule has 0 fully saturated rings. The van der Waals surface area contributed by atoms with Crippen LogP contribution in [0.25, 0.3) is 0 Å². The van der Waals surface area contributed by atoms with E-state index in [1.165, 1.54) is 24.1 Å². The van der Waals surface area contributed by atoms with Crippen molar-refractivity contribution in [1.82, 2.24) is 4.90 Å². The number of carbonyl (C=O) groups is 2. The van der Waals surface area contributed by atoms with E-state index in [-0.39, 0.29) is 22.6 Å². The molecule has 0 unspecified atom stereocenters. The first-order chi connectivity index (χ1) is 13.2. The topological polar surface area (TPSA) is 65.1 Å². The van der Waals surface area contributed by atoms with Gasteiger partial charge in [-0.3, -0.25) is 4.79 Å². The van der Waals surface area contributed by atoms with Crippen LogP contribution in [-0.2, 0) is 9.53 Å². The lowest BCUT2D eigenvalue weighted by Crippen LogP contribution is -2.31. The average Bonchev–Trinajstić information content (AvgIpc) is 2.67. The smallest absolute Gasteiger partial charge is 0.339 e. The molecule has 0 spiro atoms. The summed E-state index contributed by atoms with van der Waals surface area (Å²) in [6.45, 7) is 3.71. The molecular weight excluding hydrogens is 382 g/mol. The normalized spacial score (nSPS) is 11.7. The molecular formula is C21H24ClNO5. The summed E-state index contributed by atoms with van der Waals surface area (Å²) in [4.78, 5) is 26.7. The van der Waals surface area contributed by atoms with E-state index in [1.54, 1.807) is 38.4 Å². The minimum absolute atomic E-state index is 0.121. The number of nitrogens with zero attached hydrogens (tertiary/aromatic N) is 1. The summed E-state index contributed by atoms with van der Waals surface area (Å²) in [7, 11) is 4.66. The number of ether oxygens (including phenoxy) is 3. The maximum absolute atomic E-state index is 12.8. The third-order valence-corrected chi connectivity index (χ3v) is 4.09. The molecule has 0 aliphatic heterocycles. The van der Waals surface area contributed by atoms with Gasteiger partial charge >= 0.3 is 5.97 Å². The summed E-state index contributed by atoms with van der Waals surface area (Å²) in [6.07, 6.45) is -1.19. The number of amides is 1. The molecule has 28 heavy (non-hydrogen) atoms. The van der Waals surface area contributed by atoms with Crippen LogP contribution in [0.2, 0.25) is 5.02 Å². The van der Waals surface area contributed by atoms with Gasteiger partial charge in [0.1, 0.15) is 0 Å². The molecule has 0 aromatic heterocycles. The number of methoxy groups -OCH3 is 1. The van der Waals surface area contributed by atoms with Gasteiger partial charge in [-0.05, 0) is 26.0 Å². The Bertz CT molecular complexity index is 836. The second-order valence-corrected chi connectivity index (χ2v) is 6.99. The first kappa shape index (κ1) is 21.6. The van der Waals surface area contributed by atoms with Crippen LogP contribution in [-0.4, -0.2) is 44.1 Å². The van der Waals surface area contributed by atoms with E-state index in [2.05, 4.69) is 0 Å². The summed E-state index contributed by atoms with van der Waals surface area (Å²) in [5, 5.41) is 0.218. The Kier molecular flexibility index (Phi) is 7.29. The molecule has 2 aromatic carbocycles. The molecule has 2 aromatic rings. The number of hydrogen-bond donors (Lipinski definition) is 0. The van der Waals surface area contributed by atoms with Crippen LogP contribution in [0, 0.1) is 0 Å². The second-order valence-electron chi connectivity index (χ2n) is 6.58. The average molecular weight is 406 g/mol. The van der Waals surface area contributed by atoms with Crippen molar-refractivity contribution in [2.45, 2.75) is 26.1 Å². The highest BCUT2D eigenvalue weighted by Gasteiger charge is 2.28. The Morgan fingerprint density at radius 1 is 1.07 bits per heavy atom. The van der Waals surface area contributed by atoms with Crippen LogP contribution >= 0.6 is 11.6 Å². The van der Waals surface area contributed by atoms with Crippen molar-refractivity contribution in [3.05, 3.63) is 58.6 Å². The van der Waals surface area contributed by atoms with E-state index in [9.17, 15) is 9.59 Å². The molecule has 0 aliphatic carbocycles. The van der Waals surface area contributed by atoms with Gasteiger partial charge in [0.15, 0.2) is 11.5 Å². The minimum atomic E-state index is -1.07. The Balaban J connectivity index is 2.35. The standard InChI is InChI=1S/C21H24ClNO5/c1-13(2)27-19-16(22)11-15(12-17(19)26-5)21(25)28-18(20(24)23(3)4)14-9-7-6-8-10-14/h6-13,18H,1-5H3/t18-/m1/s1. The molecule has 6 nitrogen and oxygen atoms in total.